The summed E-state index contributed by atoms with van der Waals surface area (Å²) in [5.41, 5.74) is 4.88. The van der Waals surface area contributed by atoms with Gasteiger partial charge in [-0.25, -0.2) is 18.1 Å². The van der Waals surface area contributed by atoms with E-state index in [4.69, 9.17) is 14.6 Å². The highest BCUT2D eigenvalue weighted by molar-refractivity contribution is 7.90. The minimum atomic E-state index is -3.33. The lowest BCUT2D eigenvalue weighted by Crippen LogP contribution is -2.22. The second kappa shape index (κ2) is 12.6. The topological polar surface area (TPSA) is 107 Å². The average molecular weight is 616 g/mol. The zero-order valence-electron chi connectivity index (χ0n) is 25.1. The Bertz CT molecular complexity index is 1850. The highest BCUT2D eigenvalue weighted by Gasteiger charge is 2.17. The van der Waals surface area contributed by atoms with Gasteiger partial charge in [-0.05, 0) is 66.7 Å². The van der Waals surface area contributed by atoms with Gasteiger partial charge in [0.25, 0.3) is 0 Å². The summed E-state index contributed by atoms with van der Waals surface area (Å²) in [5, 5.41) is 12.6. The molecule has 3 aromatic carbocycles. The van der Waals surface area contributed by atoms with Gasteiger partial charge in [-0.2, -0.15) is 5.10 Å². The Kier molecular flexibility index (Phi) is 8.86. The van der Waals surface area contributed by atoms with Crippen LogP contribution in [0.2, 0.25) is 25.7 Å². The number of hydrogen-bond acceptors (Lipinski definition) is 8. The summed E-state index contributed by atoms with van der Waals surface area (Å²) in [7, 11) is -2.92. The number of hydrogen-bond donors (Lipinski definition) is 2. The van der Waals surface area contributed by atoms with Crippen LogP contribution in [0, 0.1) is 0 Å². The summed E-state index contributed by atoms with van der Waals surface area (Å²) in [5.74, 6) is 1.37. The van der Waals surface area contributed by atoms with E-state index in [9.17, 15) is 8.42 Å². The van der Waals surface area contributed by atoms with Crippen molar-refractivity contribution in [2.45, 2.75) is 37.3 Å². The Labute approximate surface area is 253 Å². The van der Waals surface area contributed by atoms with Gasteiger partial charge in [0, 0.05) is 49.5 Å². The molecule has 224 valence electrons. The lowest BCUT2D eigenvalue weighted by Gasteiger charge is -2.15. The van der Waals surface area contributed by atoms with Gasteiger partial charge in [0.1, 0.15) is 24.0 Å². The van der Waals surface area contributed by atoms with E-state index < -0.39 is 17.9 Å². The SMILES string of the molecule is COc1ccccc1Nc1cc(-c2nn(COCC[Si](C)(C)C)c3ccc(Nc4cccc(S(C)(=O)=O)c4)cc23)ccn1. The fourth-order valence-electron chi connectivity index (χ4n) is 4.60. The van der Waals surface area contributed by atoms with Crippen LogP contribution in [-0.2, 0) is 21.3 Å². The van der Waals surface area contributed by atoms with Crippen molar-refractivity contribution in [1.29, 1.82) is 0 Å². The number of rotatable bonds is 12. The third kappa shape index (κ3) is 7.61. The first-order valence-electron chi connectivity index (χ1n) is 14.0. The molecule has 0 radical (unpaired) electrons. The zero-order valence-corrected chi connectivity index (χ0v) is 26.9. The molecule has 0 spiro atoms. The van der Waals surface area contributed by atoms with Crippen LogP contribution >= 0.6 is 0 Å². The van der Waals surface area contributed by atoms with Gasteiger partial charge in [-0.1, -0.05) is 37.8 Å². The number of nitrogens with zero attached hydrogens (tertiary/aromatic N) is 3. The molecule has 0 aliphatic heterocycles. The van der Waals surface area contributed by atoms with Crippen LogP contribution in [0.15, 0.2) is 90.0 Å². The number of sulfone groups is 1. The third-order valence-corrected chi connectivity index (χ3v) is 9.73. The van der Waals surface area contributed by atoms with Gasteiger partial charge < -0.3 is 20.1 Å². The predicted molar refractivity (Wildman–Crippen MR) is 176 cm³/mol. The third-order valence-electron chi connectivity index (χ3n) is 6.91. The molecule has 0 bridgehead atoms. The first-order chi connectivity index (χ1) is 20.5. The summed E-state index contributed by atoms with van der Waals surface area (Å²) in [6.07, 6.45) is 2.96. The lowest BCUT2D eigenvalue weighted by atomic mass is 10.1. The molecule has 0 amide bonds. The van der Waals surface area contributed by atoms with Crippen molar-refractivity contribution in [1.82, 2.24) is 14.8 Å². The van der Waals surface area contributed by atoms with E-state index in [1.165, 1.54) is 6.26 Å². The minimum Gasteiger partial charge on any atom is -0.495 e. The van der Waals surface area contributed by atoms with Crippen LogP contribution in [0.5, 0.6) is 5.75 Å². The van der Waals surface area contributed by atoms with Crippen LogP contribution in [0.3, 0.4) is 0 Å². The fourth-order valence-corrected chi connectivity index (χ4v) is 6.02. The van der Waals surface area contributed by atoms with Crippen molar-refractivity contribution in [2.75, 3.05) is 30.6 Å². The number of anilines is 4. The molecular weight excluding hydrogens is 579 g/mol. The summed E-state index contributed by atoms with van der Waals surface area (Å²) >= 11 is 0. The standard InChI is InChI=1S/C32H37N5O4SSi/c1-40-30-12-7-6-11-28(30)35-31-19-23(15-16-33-31)32-27-21-25(34-24-9-8-10-26(20-24)42(2,38)39)13-14-29(27)37(36-32)22-41-17-18-43(3,4)5/h6-16,19-21,34H,17-18,22H2,1-5H3,(H,33,35). The smallest absolute Gasteiger partial charge is 0.175 e. The molecule has 2 heterocycles. The first kappa shape index (κ1) is 30.3. The van der Waals surface area contributed by atoms with Crippen molar-refractivity contribution in [2.24, 2.45) is 0 Å². The number of aromatic nitrogens is 3. The van der Waals surface area contributed by atoms with Gasteiger partial charge in [0.15, 0.2) is 9.84 Å². The van der Waals surface area contributed by atoms with E-state index in [2.05, 4.69) is 35.3 Å². The van der Waals surface area contributed by atoms with Crippen molar-refractivity contribution in [3.63, 3.8) is 0 Å². The maximum atomic E-state index is 12.1. The van der Waals surface area contributed by atoms with Crippen LogP contribution in [0.4, 0.5) is 22.9 Å². The predicted octanol–water partition coefficient (Wildman–Crippen LogP) is 7.31. The molecule has 5 rings (SSSR count). The van der Waals surface area contributed by atoms with Crippen LogP contribution in [0.1, 0.15) is 0 Å². The minimum absolute atomic E-state index is 0.259. The Balaban J connectivity index is 1.51. The molecule has 11 heteroatoms. The molecule has 5 aromatic rings. The maximum absolute atomic E-state index is 12.1. The Morgan fingerprint density at radius 1 is 0.907 bits per heavy atom. The van der Waals surface area contributed by atoms with E-state index in [1.807, 2.05) is 65.3 Å². The Hall–Kier alpha value is -4.19. The van der Waals surface area contributed by atoms with E-state index in [0.29, 0.717) is 24.8 Å². The molecule has 0 fully saturated rings. The number of benzene rings is 3. The molecular formula is C32H37N5O4SSi. The normalized spacial score (nSPS) is 11.9. The van der Waals surface area contributed by atoms with Gasteiger partial charge in [0.2, 0.25) is 0 Å². The second-order valence-electron chi connectivity index (χ2n) is 11.6. The number of para-hydroxylation sites is 2. The van der Waals surface area contributed by atoms with Gasteiger partial charge in [0.05, 0.1) is 23.2 Å². The van der Waals surface area contributed by atoms with Crippen LogP contribution in [0.25, 0.3) is 22.2 Å². The summed E-state index contributed by atoms with van der Waals surface area (Å²) < 4.78 is 37.6. The molecule has 0 aliphatic carbocycles. The summed E-state index contributed by atoms with van der Waals surface area (Å²) in [6.45, 7) is 8.01. The lowest BCUT2D eigenvalue weighted by molar-refractivity contribution is 0.0818. The number of nitrogens with one attached hydrogen (secondary N) is 2. The second-order valence-corrected chi connectivity index (χ2v) is 19.2. The van der Waals surface area contributed by atoms with Gasteiger partial charge >= 0.3 is 0 Å². The quantitative estimate of drug-likeness (QED) is 0.111. The molecule has 0 unspecified atom stereocenters. The number of pyridine rings is 1. The number of ether oxygens (including phenoxy) is 2. The van der Waals surface area contributed by atoms with E-state index in [0.717, 1.165) is 45.3 Å². The molecule has 9 nitrogen and oxygen atoms in total. The van der Waals surface area contributed by atoms with Crippen molar-refractivity contribution in [3.8, 4) is 17.0 Å². The molecule has 0 aliphatic rings. The summed E-state index contributed by atoms with van der Waals surface area (Å²) in [6, 6.07) is 25.4. The van der Waals surface area contributed by atoms with Crippen molar-refractivity contribution in [3.05, 3.63) is 85.1 Å². The van der Waals surface area contributed by atoms with Crippen LogP contribution < -0.4 is 15.4 Å². The molecule has 0 saturated carbocycles. The molecule has 0 atom stereocenters. The molecule has 0 saturated heterocycles. The maximum Gasteiger partial charge on any atom is 0.175 e. The first-order valence-corrected chi connectivity index (χ1v) is 19.6. The summed E-state index contributed by atoms with van der Waals surface area (Å²) in [4.78, 5) is 4.78. The number of fused-ring (bicyclic) bond motifs is 1. The van der Waals surface area contributed by atoms with Crippen molar-refractivity contribution >= 4 is 51.7 Å². The molecule has 43 heavy (non-hydrogen) atoms. The van der Waals surface area contributed by atoms with Crippen molar-refractivity contribution < 1.29 is 17.9 Å². The van der Waals surface area contributed by atoms with E-state index >= 15 is 0 Å². The monoisotopic (exact) mass is 615 g/mol. The highest BCUT2D eigenvalue weighted by Crippen LogP contribution is 2.33. The highest BCUT2D eigenvalue weighted by atomic mass is 32.2. The molecule has 2 N–H and O–H groups in total. The Morgan fingerprint density at radius 3 is 2.47 bits per heavy atom. The largest absolute Gasteiger partial charge is 0.495 e. The van der Waals surface area contributed by atoms with Gasteiger partial charge in [-0.15, -0.1) is 0 Å². The number of methoxy groups -OCH3 is 1. The van der Waals surface area contributed by atoms with Gasteiger partial charge in [-0.3, -0.25) is 0 Å². The van der Waals surface area contributed by atoms with E-state index in [1.54, 1.807) is 31.5 Å². The Morgan fingerprint density at radius 2 is 1.70 bits per heavy atom. The fraction of sp³-hybridized carbons (Fsp3) is 0.250. The van der Waals surface area contributed by atoms with E-state index in [-0.39, 0.29) is 4.90 Å². The average Bonchev–Trinajstić information content (AvgIpc) is 3.33. The zero-order chi connectivity index (χ0) is 30.6. The van der Waals surface area contributed by atoms with Crippen LogP contribution in [-0.4, -0.2) is 51.2 Å². The molecule has 2 aromatic heterocycles.